The number of rotatable bonds is 8. The van der Waals surface area contributed by atoms with E-state index in [1.54, 1.807) is 26.2 Å². The fourth-order valence-corrected chi connectivity index (χ4v) is 2.99. The molecule has 3 aromatic rings. The van der Waals surface area contributed by atoms with Crippen LogP contribution in [0.3, 0.4) is 0 Å². The Labute approximate surface area is 166 Å². The number of carbonyl (C=O) groups is 1. The third kappa shape index (κ3) is 5.36. The van der Waals surface area contributed by atoms with Crippen LogP contribution in [0.1, 0.15) is 18.1 Å². The van der Waals surface area contributed by atoms with Crippen molar-refractivity contribution in [3.63, 3.8) is 0 Å². The summed E-state index contributed by atoms with van der Waals surface area (Å²) < 4.78 is 11.0. The molecule has 0 aliphatic carbocycles. The quantitative estimate of drug-likeness (QED) is 0.573. The van der Waals surface area contributed by atoms with Crippen molar-refractivity contribution < 1.29 is 14.3 Å². The summed E-state index contributed by atoms with van der Waals surface area (Å²) in [4.78, 5) is 15.0. The van der Waals surface area contributed by atoms with E-state index >= 15 is 0 Å². The van der Waals surface area contributed by atoms with Gasteiger partial charge < -0.3 is 14.4 Å². The molecule has 0 aliphatic heterocycles. The van der Waals surface area contributed by atoms with Crippen molar-refractivity contribution in [1.82, 2.24) is 4.90 Å². The van der Waals surface area contributed by atoms with Gasteiger partial charge in [0.05, 0.1) is 7.11 Å². The maximum absolute atomic E-state index is 13.2. The number of carbonyl (C=O) groups excluding carboxylic acids is 1. The molecular formula is C24H25NO3. The molecule has 3 rings (SSSR count). The second kappa shape index (κ2) is 9.60. The topological polar surface area (TPSA) is 38.8 Å². The number of methoxy groups -OCH3 is 1. The van der Waals surface area contributed by atoms with E-state index in [-0.39, 0.29) is 5.91 Å². The van der Waals surface area contributed by atoms with Crippen molar-refractivity contribution in [2.24, 2.45) is 0 Å². The van der Waals surface area contributed by atoms with E-state index in [0.717, 1.165) is 16.9 Å². The lowest BCUT2D eigenvalue weighted by molar-refractivity contribution is -0.139. The molecule has 144 valence electrons. The SMILES string of the molecule is COc1ccc(OC(C)C(=O)N(Cc2ccccc2)Cc2ccccc2)cc1. The summed E-state index contributed by atoms with van der Waals surface area (Å²) in [6.07, 6.45) is -0.596. The van der Waals surface area contributed by atoms with E-state index in [1.807, 2.05) is 77.7 Å². The summed E-state index contributed by atoms with van der Waals surface area (Å²) in [6.45, 7) is 2.85. The van der Waals surface area contributed by atoms with Crippen LogP contribution in [-0.2, 0) is 17.9 Å². The Morgan fingerprint density at radius 2 is 1.25 bits per heavy atom. The van der Waals surface area contributed by atoms with Gasteiger partial charge in [-0.15, -0.1) is 0 Å². The van der Waals surface area contributed by atoms with Crippen LogP contribution >= 0.6 is 0 Å². The number of hydrogen-bond acceptors (Lipinski definition) is 3. The molecule has 0 fully saturated rings. The van der Waals surface area contributed by atoms with Gasteiger partial charge in [-0.25, -0.2) is 0 Å². The van der Waals surface area contributed by atoms with Crippen molar-refractivity contribution in [1.29, 1.82) is 0 Å². The minimum atomic E-state index is -0.596. The van der Waals surface area contributed by atoms with Crippen LogP contribution in [0.15, 0.2) is 84.9 Å². The second-order valence-corrected chi connectivity index (χ2v) is 6.60. The molecule has 0 saturated heterocycles. The van der Waals surface area contributed by atoms with Crippen molar-refractivity contribution >= 4 is 5.91 Å². The fourth-order valence-electron chi connectivity index (χ4n) is 2.99. The summed E-state index contributed by atoms with van der Waals surface area (Å²) in [5.41, 5.74) is 2.17. The zero-order chi connectivity index (χ0) is 19.8. The van der Waals surface area contributed by atoms with E-state index in [1.165, 1.54) is 0 Å². The van der Waals surface area contributed by atoms with Crippen LogP contribution in [0, 0.1) is 0 Å². The third-order valence-corrected chi connectivity index (χ3v) is 4.46. The van der Waals surface area contributed by atoms with E-state index < -0.39 is 6.10 Å². The first kappa shape index (κ1) is 19.5. The highest BCUT2D eigenvalue weighted by atomic mass is 16.5. The Kier molecular flexibility index (Phi) is 6.68. The number of ether oxygens (including phenoxy) is 2. The fraction of sp³-hybridized carbons (Fsp3) is 0.208. The zero-order valence-corrected chi connectivity index (χ0v) is 16.2. The summed E-state index contributed by atoms with van der Waals surface area (Å²) in [5, 5.41) is 0. The number of nitrogens with zero attached hydrogens (tertiary/aromatic N) is 1. The molecule has 0 N–H and O–H groups in total. The lowest BCUT2D eigenvalue weighted by atomic mass is 10.1. The first-order chi connectivity index (χ1) is 13.7. The van der Waals surface area contributed by atoms with Gasteiger partial charge in [0.2, 0.25) is 0 Å². The Bertz CT molecular complexity index is 822. The maximum Gasteiger partial charge on any atom is 0.263 e. The average molecular weight is 375 g/mol. The molecule has 0 radical (unpaired) electrons. The Balaban J connectivity index is 1.73. The smallest absolute Gasteiger partial charge is 0.263 e. The largest absolute Gasteiger partial charge is 0.497 e. The second-order valence-electron chi connectivity index (χ2n) is 6.60. The lowest BCUT2D eigenvalue weighted by Gasteiger charge is -2.26. The Morgan fingerprint density at radius 3 is 1.71 bits per heavy atom. The highest BCUT2D eigenvalue weighted by Crippen LogP contribution is 2.19. The minimum Gasteiger partial charge on any atom is -0.497 e. The molecule has 0 bridgehead atoms. The van der Waals surface area contributed by atoms with Crippen molar-refractivity contribution in [2.45, 2.75) is 26.1 Å². The summed E-state index contributed by atoms with van der Waals surface area (Å²) in [7, 11) is 1.62. The molecule has 28 heavy (non-hydrogen) atoms. The molecule has 4 nitrogen and oxygen atoms in total. The minimum absolute atomic E-state index is 0.0523. The van der Waals surface area contributed by atoms with Gasteiger partial charge in [-0.05, 0) is 42.3 Å². The molecule has 4 heteroatoms. The summed E-state index contributed by atoms with van der Waals surface area (Å²) >= 11 is 0. The van der Waals surface area contributed by atoms with Gasteiger partial charge in [-0.2, -0.15) is 0 Å². The van der Waals surface area contributed by atoms with E-state index in [9.17, 15) is 4.79 Å². The molecule has 0 saturated carbocycles. The van der Waals surface area contributed by atoms with E-state index in [0.29, 0.717) is 18.8 Å². The molecule has 1 unspecified atom stereocenters. The van der Waals surface area contributed by atoms with E-state index in [4.69, 9.17) is 9.47 Å². The van der Waals surface area contributed by atoms with Crippen LogP contribution in [0.5, 0.6) is 11.5 Å². The summed E-state index contributed by atoms with van der Waals surface area (Å²) in [5.74, 6) is 1.34. The van der Waals surface area contributed by atoms with Crippen LogP contribution in [0.25, 0.3) is 0 Å². The monoisotopic (exact) mass is 375 g/mol. The molecule has 1 amide bonds. The summed E-state index contributed by atoms with van der Waals surface area (Å²) in [6, 6.07) is 27.2. The van der Waals surface area contributed by atoms with Crippen LogP contribution < -0.4 is 9.47 Å². The molecule has 1 atom stereocenters. The normalized spacial score (nSPS) is 11.5. The predicted molar refractivity (Wildman–Crippen MR) is 110 cm³/mol. The Morgan fingerprint density at radius 1 is 0.786 bits per heavy atom. The molecule has 0 heterocycles. The highest BCUT2D eigenvalue weighted by Gasteiger charge is 2.22. The highest BCUT2D eigenvalue weighted by molar-refractivity contribution is 5.81. The number of hydrogen-bond donors (Lipinski definition) is 0. The van der Waals surface area contributed by atoms with Crippen LogP contribution in [-0.4, -0.2) is 24.0 Å². The first-order valence-corrected chi connectivity index (χ1v) is 9.33. The van der Waals surface area contributed by atoms with Crippen LogP contribution in [0.2, 0.25) is 0 Å². The number of amides is 1. The van der Waals surface area contributed by atoms with E-state index in [2.05, 4.69) is 0 Å². The van der Waals surface area contributed by atoms with Crippen molar-refractivity contribution in [3.8, 4) is 11.5 Å². The van der Waals surface area contributed by atoms with Crippen molar-refractivity contribution in [3.05, 3.63) is 96.1 Å². The third-order valence-electron chi connectivity index (χ3n) is 4.46. The van der Waals surface area contributed by atoms with Crippen LogP contribution in [0.4, 0.5) is 0 Å². The number of benzene rings is 3. The van der Waals surface area contributed by atoms with Gasteiger partial charge in [0.15, 0.2) is 6.10 Å². The molecule has 0 aliphatic rings. The van der Waals surface area contributed by atoms with Gasteiger partial charge >= 0.3 is 0 Å². The van der Waals surface area contributed by atoms with Gasteiger partial charge in [-0.1, -0.05) is 60.7 Å². The molecular weight excluding hydrogens is 350 g/mol. The molecule has 0 spiro atoms. The molecule has 3 aromatic carbocycles. The van der Waals surface area contributed by atoms with Gasteiger partial charge in [0.1, 0.15) is 11.5 Å². The predicted octanol–water partition coefficient (Wildman–Crippen LogP) is 4.69. The maximum atomic E-state index is 13.2. The Hall–Kier alpha value is -3.27. The first-order valence-electron chi connectivity index (χ1n) is 9.33. The lowest BCUT2D eigenvalue weighted by Crippen LogP contribution is -2.39. The van der Waals surface area contributed by atoms with Crippen molar-refractivity contribution in [2.75, 3.05) is 7.11 Å². The molecule has 0 aromatic heterocycles. The van der Waals surface area contributed by atoms with Gasteiger partial charge in [0, 0.05) is 13.1 Å². The zero-order valence-electron chi connectivity index (χ0n) is 16.2. The average Bonchev–Trinajstić information content (AvgIpc) is 2.75. The van der Waals surface area contributed by atoms with Gasteiger partial charge in [0.25, 0.3) is 5.91 Å². The van der Waals surface area contributed by atoms with Gasteiger partial charge in [-0.3, -0.25) is 4.79 Å². The standard InChI is InChI=1S/C24H25NO3/c1-19(28-23-15-13-22(27-2)14-16-23)24(26)25(17-20-9-5-3-6-10-20)18-21-11-7-4-8-12-21/h3-16,19H,17-18H2,1-2H3.